The molecule has 0 radical (unpaired) electrons. The SMILES string of the molecule is CCOCCOCc1nc2ccccc2c(=O)n1-c1ccccc1Cl. The number of para-hydroxylation sites is 2. The number of fused-ring (bicyclic) bond motifs is 1. The molecule has 5 nitrogen and oxygen atoms in total. The van der Waals surface area contributed by atoms with E-state index in [0.29, 0.717) is 47.3 Å². The van der Waals surface area contributed by atoms with E-state index in [-0.39, 0.29) is 12.2 Å². The van der Waals surface area contributed by atoms with E-state index in [9.17, 15) is 4.79 Å². The normalized spacial score (nSPS) is 11.1. The van der Waals surface area contributed by atoms with Gasteiger partial charge in [-0.3, -0.25) is 9.36 Å². The van der Waals surface area contributed by atoms with Crippen LogP contribution in [0.4, 0.5) is 0 Å². The van der Waals surface area contributed by atoms with Gasteiger partial charge in [-0.2, -0.15) is 0 Å². The van der Waals surface area contributed by atoms with Crippen molar-refractivity contribution in [1.29, 1.82) is 0 Å². The molecule has 0 saturated carbocycles. The molecule has 0 amide bonds. The first-order chi connectivity index (χ1) is 12.2. The first-order valence-corrected chi connectivity index (χ1v) is 8.51. The third-order valence-electron chi connectivity index (χ3n) is 3.75. The Labute approximate surface area is 150 Å². The first-order valence-electron chi connectivity index (χ1n) is 8.13. The summed E-state index contributed by atoms with van der Waals surface area (Å²) in [6, 6.07) is 14.5. The minimum Gasteiger partial charge on any atom is -0.379 e. The lowest BCUT2D eigenvalue weighted by Gasteiger charge is -2.15. The number of rotatable bonds is 7. The topological polar surface area (TPSA) is 53.4 Å². The molecule has 0 bridgehead atoms. The molecule has 0 aliphatic rings. The van der Waals surface area contributed by atoms with Crippen LogP contribution in [0.3, 0.4) is 0 Å². The monoisotopic (exact) mass is 358 g/mol. The molecule has 0 saturated heterocycles. The summed E-state index contributed by atoms with van der Waals surface area (Å²) in [5.74, 6) is 0.508. The van der Waals surface area contributed by atoms with Crippen LogP contribution in [0.5, 0.6) is 0 Å². The molecule has 130 valence electrons. The van der Waals surface area contributed by atoms with Crippen LogP contribution in [0.2, 0.25) is 5.02 Å². The largest absolute Gasteiger partial charge is 0.379 e. The summed E-state index contributed by atoms with van der Waals surface area (Å²) in [5.41, 5.74) is 1.07. The van der Waals surface area contributed by atoms with Crippen molar-refractivity contribution < 1.29 is 9.47 Å². The van der Waals surface area contributed by atoms with Gasteiger partial charge in [0.2, 0.25) is 0 Å². The Balaban J connectivity index is 2.05. The number of hydrogen-bond acceptors (Lipinski definition) is 4. The fourth-order valence-corrected chi connectivity index (χ4v) is 2.80. The standard InChI is InChI=1S/C19H19ClN2O3/c1-2-24-11-12-25-13-18-21-16-9-5-3-7-14(16)19(23)22(18)17-10-6-4-8-15(17)20/h3-10H,2,11-13H2,1H3. The summed E-state index contributed by atoms with van der Waals surface area (Å²) in [5, 5.41) is 1.03. The van der Waals surface area contributed by atoms with Crippen molar-refractivity contribution in [3.8, 4) is 5.69 Å². The van der Waals surface area contributed by atoms with Gasteiger partial charge in [-0.15, -0.1) is 0 Å². The van der Waals surface area contributed by atoms with E-state index in [2.05, 4.69) is 4.98 Å². The molecule has 25 heavy (non-hydrogen) atoms. The Morgan fingerprint density at radius 2 is 1.76 bits per heavy atom. The molecular formula is C19H19ClN2O3. The number of hydrogen-bond donors (Lipinski definition) is 0. The Morgan fingerprint density at radius 3 is 2.56 bits per heavy atom. The highest BCUT2D eigenvalue weighted by molar-refractivity contribution is 6.32. The Bertz CT molecular complexity index is 924. The summed E-state index contributed by atoms with van der Waals surface area (Å²) in [6.07, 6.45) is 0. The number of benzene rings is 2. The maximum atomic E-state index is 13.0. The second kappa shape index (κ2) is 8.25. The van der Waals surface area contributed by atoms with Gasteiger partial charge in [0, 0.05) is 6.61 Å². The molecule has 0 spiro atoms. The predicted octanol–water partition coefficient (Wildman–Crippen LogP) is 3.59. The molecule has 0 N–H and O–H groups in total. The van der Waals surface area contributed by atoms with E-state index >= 15 is 0 Å². The zero-order valence-electron chi connectivity index (χ0n) is 13.9. The van der Waals surface area contributed by atoms with Gasteiger partial charge in [0.15, 0.2) is 0 Å². The molecule has 1 heterocycles. The highest BCUT2D eigenvalue weighted by Gasteiger charge is 2.14. The zero-order valence-corrected chi connectivity index (χ0v) is 14.7. The van der Waals surface area contributed by atoms with Crippen molar-refractivity contribution in [3.63, 3.8) is 0 Å². The molecule has 1 aromatic heterocycles. The van der Waals surface area contributed by atoms with Crippen molar-refractivity contribution in [1.82, 2.24) is 9.55 Å². The molecule has 6 heteroatoms. The van der Waals surface area contributed by atoms with Crippen LogP contribution in [-0.4, -0.2) is 29.4 Å². The highest BCUT2D eigenvalue weighted by Crippen LogP contribution is 2.21. The lowest BCUT2D eigenvalue weighted by molar-refractivity contribution is 0.0422. The zero-order chi connectivity index (χ0) is 17.6. The van der Waals surface area contributed by atoms with Crippen LogP contribution in [0.1, 0.15) is 12.7 Å². The van der Waals surface area contributed by atoms with E-state index in [0.717, 1.165) is 0 Å². The third-order valence-corrected chi connectivity index (χ3v) is 4.07. The molecule has 0 fully saturated rings. The van der Waals surface area contributed by atoms with Gasteiger partial charge in [0.25, 0.3) is 5.56 Å². The summed E-state index contributed by atoms with van der Waals surface area (Å²) in [7, 11) is 0. The van der Waals surface area contributed by atoms with Crippen molar-refractivity contribution in [2.75, 3.05) is 19.8 Å². The summed E-state index contributed by atoms with van der Waals surface area (Å²) in [6.45, 7) is 3.69. The van der Waals surface area contributed by atoms with E-state index in [1.807, 2.05) is 37.3 Å². The lowest BCUT2D eigenvalue weighted by Crippen LogP contribution is -2.25. The molecular weight excluding hydrogens is 340 g/mol. The van der Waals surface area contributed by atoms with E-state index < -0.39 is 0 Å². The highest BCUT2D eigenvalue weighted by atomic mass is 35.5. The quantitative estimate of drug-likeness (QED) is 0.606. The van der Waals surface area contributed by atoms with Gasteiger partial charge in [0.05, 0.1) is 34.8 Å². The van der Waals surface area contributed by atoms with Crippen LogP contribution in [0.15, 0.2) is 53.3 Å². The van der Waals surface area contributed by atoms with Gasteiger partial charge >= 0.3 is 0 Å². The molecule has 0 aliphatic carbocycles. The van der Waals surface area contributed by atoms with Gasteiger partial charge in [-0.25, -0.2) is 4.98 Å². The minimum atomic E-state index is -0.165. The number of halogens is 1. The Hall–Kier alpha value is -2.21. The van der Waals surface area contributed by atoms with E-state index in [4.69, 9.17) is 21.1 Å². The van der Waals surface area contributed by atoms with Crippen molar-refractivity contribution in [2.45, 2.75) is 13.5 Å². The van der Waals surface area contributed by atoms with Gasteiger partial charge < -0.3 is 9.47 Å². The fraction of sp³-hybridized carbons (Fsp3) is 0.263. The Morgan fingerprint density at radius 1 is 1.04 bits per heavy atom. The summed E-state index contributed by atoms with van der Waals surface area (Å²) < 4.78 is 12.4. The van der Waals surface area contributed by atoms with Crippen molar-refractivity contribution in [3.05, 3.63) is 69.7 Å². The van der Waals surface area contributed by atoms with Crippen LogP contribution in [-0.2, 0) is 16.1 Å². The first kappa shape index (κ1) is 17.6. The van der Waals surface area contributed by atoms with Crippen molar-refractivity contribution >= 4 is 22.5 Å². The predicted molar refractivity (Wildman–Crippen MR) is 98.5 cm³/mol. The maximum absolute atomic E-state index is 13.0. The van der Waals surface area contributed by atoms with E-state index in [1.54, 1.807) is 18.2 Å². The average Bonchev–Trinajstić information content (AvgIpc) is 2.63. The lowest BCUT2D eigenvalue weighted by atomic mass is 10.2. The smallest absolute Gasteiger partial charge is 0.266 e. The maximum Gasteiger partial charge on any atom is 0.266 e. The van der Waals surface area contributed by atoms with Gasteiger partial charge in [0.1, 0.15) is 12.4 Å². The second-order valence-corrected chi connectivity index (χ2v) is 5.79. The van der Waals surface area contributed by atoms with Gasteiger partial charge in [-0.05, 0) is 31.2 Å². The van der Waals surface area contributed by atoms with Crippen molar-refractivity contribution in [2.24, 2.45) is 0 Å². The summed E-state index contributed by atoms with van der Waals surface area (Å²) in [4.78, 5) is 17.6. The number of aromatic nitrogens is 2. The van der Waals surface area contributed by atoms with Crippen LogP contribution in [0.25, 0.3) is 16.6 Å². The fourth-order valence-electron chi connectivity index (χ4n) is 2.58. The molecule has 3 aromatic rings. The minimum absolute atomic E-state index is 0.165. The summed E-state index contributed by atoms with van der Waals surface area (Å²) >= 11 is 6.31. The third kappa shape index (κ3) is 3.90. The number of nitrogens with zero attached hydrogens (tertiary/aromatic N) is 2. The van der Waals surface area contributed by atoms with Gasteiger partial charge in [-0.1, -0.05) is 35.9 Å². The number of ether oxygens (including phenoxy) is 2. The molecule has 0 atom stereocenters. The van der Waals surface area contributed by atoms with Crippen LogP contribution < -0.4 is 5.56 Å². The second-order valence-electron chi connectivity index (χ2n) is 5.39. The average molecular weight is 359 g/mol. The molecule has 3 rings (SSSR count). The Kier molecular flexibility index (Phi) is 5.81. The molecule has 0 aliphatic heterocycles. The molecule has 0 unspecified atom stereocenters. The van der Waals surface area contributed by atoms with E-state index in [1.165, 1.54) is 4.57 Å². The van der Waals surface area contributed by atoms with Crippen LogP contribution >= 0.6 is 11.6 Å². The molecule has 2 aromatic carbocycles. The van der Waals surface area contributed by atoms with Crippen LogP contribution in [0, 0.1) is 0 Å².